The number of rotatable bonds is 2. The predicted molar refractivity (Wildman–Crippen MR) is 41.6 cm³/mol. The maximum atomic E-state index is 8.76. The fraction of sp³-hybridized carbons (Fsp3) is 1.00. The summed E-state index contributed by atoms with van der Waals surface area (Å²) in [4.78, 5) is 17.5. The summed E-state index contributed by atoms with van der Waals surface area (Å²) in [6.45, 7) is 0. The molecule has 0 spiro atoms. The molecular weight excluding hydrogens is 144 g/mol. The van der Waals surface area contributed by atoms with Crippen molar-refractivity contribution in [3.8, 4) is 0 Å². The molecule has 1 radical (unpaired) electrons. The van der Waals surface area contributed by atoms with Gasteiger partial charge in [0.05, 0.1) is 0 Å². The molecule has 1 saturated carbocycles. The Hall–Kier alpha value is 0.137. The first-order valence-electron chi connectivity index (χ1n) is 4.03. The molecule has 59 valence electrons. The van der Waals surface area contributed by atoms with Gasteiger partial charge >= 0.3 is 9.28 Å². The van der Waals surface area contributed by atoms with Crippen molar-refractivity contribution >= 4 is 9.28 Å². The molecule has 10 heavy (non-hydrogen) atoms. The minimum absolute atomic E-state index is 0.623. The molecule has 0 atom stereocenters. The van der Waals surface area contributed by atoms with Crippen LogP contribution in [0.3, 0.4) is 0 Å². The highest BCUT2D eigenvalue weighted by Gasteiger charge is 2.17. The van der Waals surface area contributed by atoms with E-state index >= 15 is 0 Å². The Kier molecular flexibility index (Phi) is 3.38. The summed E-state index contributed by atoms with van der Waals surface area (Å²) in [6.07, 6.45) is 6.36. The van der Waals surface area contributed by atoms with Crippen molar-refractivity contribution in [3.63, 3.8) is 0 Å². The summed E-state index contributed by atoms with van der Waals surface area (Å²) in [5.74, 6) is 0.623. The van der Waals surface area contributed by atoms with E-state index in [2.05, 4.69) is 0 Å². The number of hydrogen-bond donors (Lipinski definition) is 2. The van der Waals surface area contributed by atoms with Gasteiger partial charge in [-0.05, 0) is 12.0 Å². The molecule has 0 unspecified atom stereocenters. The van der Waals surface area contributed by atoms with Crippen molar-refractivity contribution in [1.29, 1.82) is 0 Å². The molecule has 0 aromatic carbocycles. The Morgan fingerprint density at radius 1 is 1.10 bits per heavy atom. The van der Waals surface area contributed by atoms with Crippen molar-refractivity contribution in [2.75, 3.05) is 0 Å². The normalized spacial score (nSPS) is 21.9. The topological polar surface area (TPSA) is 40.5 Å². The van der Waals surface area contributed by atoms with Gasteiger partial charge in [-0.2, -0.15) is 0 Å². The summed E-state index contributed by atoms with van der Waals surface area (Å²) in [7, 11) is -1.93. The molecule has 1 aliphatic rings. The van der Waals surface area contributed by atoms with Gasteiger partial charge in [-0.1, -0.05) is 32.1 Å². The van der Waals surface area contributed by atoms with E-state index in [1.165, 1.54) is 32.1 Å². The smallest absolute Gasteiger partial charge is 0.379 e. The summed E-state index contributed by atoms with van der Waals surface area (Å²) in [5, 5.41) is 0. The highest BCUT2D eigenvalue weighted by molar-refractivity contribution is 6.41. The van der Waals surface area contributed by atoms with Crippen LogP contribution in [0.25, 0.3) is 0 Å². The second-order valence-corrected chi connectivity index (χ2v) is 4.37. The van der Waals surface area contributed by atoms with Gasteiger partial charge in [-0.15, -0.1) is 0 Å². The van der Waals surface area contributed by atoms with E-state index < -0.39 is 9.28 Å². The molecule has 0 aromatic heterocycles. The SMILES string of the molecule is O[Si](O)CC1CCCCC1. The maximum absolute atomic E-state index is 8.76. The Morgan fingerprint density at radius 3 is 2.20 bits per heavy atom. The average molecular weight is 159 g/mol. The van der Waals surface area contributed by atoms with Gasteiger partial charge < -0.3 is 9.59 Å². The molecular formula is C7H15O2Si. The number of hydrogen-bond acceptors (Lipinski definition) is 2. The van der Waals surface area contributed by atoms with Crippen molar-refractivity contribution in [2.45, 2.75) is 38.1 Å². The fourth-order valence-corrected chi connectivity index (χ4v) is 2.57. The first-order chi connectivity index (χ1) is 4.79. The minimum atomic E-state index is -1.93. The molecule has 0 amide bonds. The lowest BCUT2D eigenvalue weighted by atomic mass is 9.91. The first kappa shape index (κ1) is 8.24. The van der Waals surface area contributed by atoms with Crippen LogP contribution in [0, 0.1) is 5.92 Å². The molecule has 0 saturated heterocycles. The van der Waals surface area contributed by atoms with Crippen LogP contribution in [-0.4, -0.2) is 18.9 Å². The molecule has 1 aliphatic carbocycles. The van der Waals surface area contributed by atoms with E-state index in [1.54, 1.807) is 0 Å². The first-order valence-corrected chi connectivity index (χ1v) is 5.63. The zero-order valence-corrected chi connectivity index (χ0v) is 7.21. The lowest BCUT2D eigenvalue weighted by molar-refractivity contribution is 0.338. The van der Waals surface area contributed by atoms with Crippen LogP contribution in [0.2, 0.25) is 6.04 Å². The van der Waals surface area contributed by atoms with Gasteiger partial charge in [-0.3, -0.25) is 0 Å². The standard InChI is InChI=1S/C7H15O2Si/c8-10(9)6-7-4-2-1-3-5-7/h7-9H,1-6H2. The Balaban J connectivity index is 2.13. The van der Waals surface area contributed by atoms with Gasteiger partial charge in [0.15, 0.2) is 0 Å². The second-order valence-electron chi connectivity index (χ2n) is 3.12. The minimum Gasteiger partial charge on any atom is -0.410 e. The fourth-order valence-electron chi connectivity index (χ4n) is 1.65. The summed E-state index contributed by atoms with van der Waals surface area (Å²) < 4.78 is 0. The average Bonchev–Trinajstić information content (AvgIpc) is 1.88. The molecule has 3 heteroatoms. The van der Waals surface area contributed by atoms with Crippen LogP contribution in [0.15, 0.2) is 0 Å². The molecule has 0 aromatic rings. The van der Waals surface area contributed by atoms with E-state index in [9.17, 15) is 0 Å². The molecule has 0 aliphatic heterocycles. The summed E-state index contributed by atoms with van der Waals surface area (Å²) in [6, 6.07) is 0.685. The summed E-state index contributed by atoms with van der Waals surface area (Å²) in [5.41, 5.74) is 0. The Labute approximate surface area is 63.7 Å². The van der Waals surface area contributed by atoms with Gasteiger partial charge in [0.2, 0.25) is 0 Å². The summed E-state index contributed by atoms with van der Waals surface area (Å²) >= 11 is 0. The highest BCUT2D eigenvalue weighted by Crippen LogP contribution is 2.26. The van der Waals surface area contributed by atoms with E-state index in [-0.39, 0.29) is 0 Å². The van der Waals surface area contributed by atoms with Crippen molar-refractivity contribution in [1.82, 2.24) is 0 Å². The third-order valence-corrected chi connectivity index (χ3v) is 3.14. The molecule has 1 rings (SSSR count). The predicted octanol–water partition coefficient (Wildman–Crippen LogP) is 1.04. The zero-order chi connectivity index (χ0) is 7.40. The lowest BCUT2D eigenvalue weighted by Gasteiger charge is -2.20. The van der Waals surface area contributed by atoms with Crippen molar-refractivity contribution < 1.29 is 9.59 Å². The third-order valence-electron chi connectivity index (χ3n) is 2.20. The second kappa shape index (κ2) is 4.11. The van der Waals surface area contributed by atoms with Gasteiger partial charge in [0.25, 0.3) is 0 Å². The third kappa shape index (κ3) is 2.81. The largest absolute Gasteiger partial charge is 0.410 e. The molecule has 2 nitrogen and oxygen atoms in total. The van der Waals surface area contributed by atoms with E-state index in [1.807, 2.05) is 0 Å². The van der Waals surface area contributed by atoms with E-state index in [0.717, 1.165) is 0 Å². The van der Waals surface area contributed by atoms with Crippen LogP contribution in [-0.2, 0) is 0 Å². The van der Waals surface area contributed by atoms with Crippen LogP contribution in [0.1, 0.15) is 32.1 Å². The highest BCUT2D eigenvalue weighted by atomic mass is 28.3. The van der Waals surface area contributed by atoms with Crippen LogP contribution < -0.4 is 0 Å². The van der Waals surface area contributed by atoms with Crippen LogP contribution in [0.5, 0.6) is 0 Å². The van der Waals surface area contributed by atoms with Gasteiger partial charge in [0, 0.05) is 0 Å². The maximum Gasteiger partial charge on any atom is 0.379 e. The van der Waals surface area contributed by atoms with Crippen LogP contribution in [0.4, 0.5) is 0 Å². The van der Waals surface area contributed by atoms with Gasteiger partial charge in [-0.25, -0.2) is 0 Å². The Morgan fingerprint density at radius 2 is 1.70 bits per heavy atom. The molecule has 1 fully saturated rings. The molecule has 0 bridgehead atoms. The van der Waals surface area contributed by atoms with Crippen molar-refractivity contribution in [3.05, 3.63) is 0 Å². The van der Waals surface area contributed by atoms with Gasteiger partial charge in [0.1, 0.15) is 0 Å². The lowest BCUT2D eigenvalue weighted by Crippen LogP contribution is -2.18. The quantitative estimate of drug-likeness (QED) is 0.591. The zero-order valence-electron chi connectivity index (χ0n) is 6.21. The molecule has 0 heterocycles. The monoisotopic (exact) mass is 159 g/mol. The van der Waals surface area contributed by atoms with E-state index in [0.29, 0.717) is 12.0 Å². The van der Waals surface area contributed by atoms with Crippen molar-refractivity contribution in [2.24, 2.45) is 5.92 Å². The Bertz CT molecular complexity index is 89.6. The van der Waals surface area contributed by atoms with Crippen LogP contribution >= 0.6 is 0 Å². The molecule has 2 N–H and O–H groups in total. The van der Waals surface area contributed by atoms with E-state index in [4.69, 9.17) is 9.59 Å².